The third kappa shape index (κ3) is 4.67. The van der Waals surface area contributed by atoms with Gasteiger partial charge in [-0.05, 0) is 19.9 Å². The van der Waals surface area contributed by atoms with Crippen LogP contribution in [0.4, 0.5) is 19.3 Å². The summed E-state index contributed by atoms with van der Waals surface area (Å²) in [5.74, 6) is -4.05. The Morgan fingerprint density at radius 3 is 2.38 bits per heavy atom. The highest BCUT2D eigenvalue weighted by Gasteiger charge is 2.22. The number of anilines is 1. The number of urea groups is 1. The second-order valence-electron chi connectivity index (χ2n) is 5.01. The first-order valence-corrected chi connectivity index (χ1v) is 5.96. The van der Waals surface area contributed by atoms with Gasteiger partial charge in [-0.25, -0.2) is 18.4 Å². The maximum absolute atomic E-state index is 13.2. The van der Waals surface area contributed by atoms with Crippen LogP contribution in [-0.4, -0.2) is 36.4 Å². The van der Waals surface area contributed by atoms with Gasteiger partial charge in [-0.3, -0.25) is 0 Å². The van der Waals surface area contributed by atoms with E-state index in [-0.39, 0.29) is 12.3 Å². The molecule has 0 heterocycles. The quantitative estimate of drug-likeness (QED) is 0.778. The lowest BCUT2D eigenvalue weighted by atomic mass is 10.1. The second kappa shape index (κ2) is 6.49. The third-order valence-corrected chi connectivity index (χ3v) is 2.50. The summed E-state index contributed by atoms with van der Waals surface area (Å²) in [7, 11) is 1.46. The fourth-order valence-corrected chi connectivity index (χ4v) is 1.69. The van der Waals surface area contributed by atoms with E-state index in [0.717, 1.165) is 0 Å². The summed E-state index contributed by atoms with van der Waals surface area (Å²) in [6, 6.07) is 0.362. The number of carbonyl (C=O) groups is 2. The molecule has 0 fully saturated rings. The molecule has 0 aliphatic heterocycles. The molecule has 2 amide bonds. The van der Waals surface area contributed by atoms with E-state index in [1.807, 2.05) is 0 Å². The average Bonchev–Trinajstić information content (AvgIpc) is 2.31. The minimum atomic E-state index is -1.49. The Morgan fingerprint density at radius 2 is 1.86 bits per heavy atom. The van der Waals surface area contributed by atoms with Gasteiger partial charge in [0.15, 0.2) is 11.6 Å². The summed E-state index contributed by atoms with van der Waals surface area (Å²) in [6.07, 6.45) is 0. The normalized spacial score (nSPS) is 11.1. The number of benzene rings is 1. The molecule has 0 aromatic heterocycles. The van der Waals surface area contributed by atoms with Crippen molar-refractivity contribution in [3.8, 4) is 0 Å². The second-order valence-corrected chi connectivity index (χ2v) is 5.01. The summed E-state index contributed by atoms with van der Waals surface area (Å²) in [6.45, 7) is 3.57. The summed E-state index contributed by atoms with van der Waals surface area (Å²) in [5.41, 5.74) is -1.61. The van der Waals surface area contributed by atoms with Gasteiger partial charge in [-0.1, -0.05) is 0 Å². The summed E-state index contributed by atoms with van der Waals surface area (Å²) in [5, 5.41) is 13.6. The van der Waals surface area contributed by atoms with E-state index < -0.39 is 34.7 Å². The first-order chi connectivity index (χ1) is 9.66. The smallest absolute Gasteiger partial charge is 0.337 e. The molecule has 1 aromatic carbocycles. The fourth-order valence-electron chi connectivity index (χ4n) is 1.69. The van der Waals surface area contributed by atoms with Crippen LogP contribution >= 0.6 is 0 Å². The van der Waals surface area contributed by atoms with Crippen LogP contribution in [0.15, 0.2) is 12.1 Å². The lowest BCUT2D eigenvalue weighted by Crippen LogP contribution is -2.48. The van der Waals surface area contributed by atoms with Crippen molar-refractivity contribution in [3.63, 3.8) is 0 Å². The van der Waals surface area contributed by atoms with E-state index in [2.05, 4.69) is 10.6 Å². The molecule has 0 saturated heterocycles. The summed E-state index contributed by atoms with van der Waals surface area (Å²) >= 11 is 0. The molecular weight excluding hydrogens is 286 g/mol. The van der Waals surface area contributed by atoms with Gasteiger partial charge in [0.25, 0.3) is 0 Å². The van der Waals surface area contributed by atoms with Gasteiger partial charge in [0.1, 0.15) is 0 Å². The number of ether oxygens (including phenoxy) is 1. The predicted molar refractivity (Wildman–Crippen MR) is 71.4 cm³/mol. The molecule has 0 atom stereocenters. The van der Waals surface area contributed by atoms with E-state index in [9.17, 15) is 18.4 Å². The lowest BCUT2D eigenvalue weighted by Gasteiger charge is -2.25. The molecule has 0 unspecified atom stereocenters. The average molecular weight is 302 g/mol. The van der Waals surface area contributed by atoms with Gasteiger partial charge < -0.3 is 20.5 Å². The number of hydrogen-bond donors (Lipinski definition) is 3. The molecule has 0 spiro atoms. The maximum atomic E-state index is 13.2. The van der Waals surface area contributed by atoms with Crippen LogP contribution in [0.5, 0.6) is 0 Å². The van der Waals surface area contributed by atoms with Gasteiger partial charge in [-0.2, -0.15) is 0 Å². The van der Waals surface area contributed by atoms with Crippen molar-refractivity contribution in [2.24, 2.45) is 0 Å². The Balaban J connectivity index is 2.95. The molecule has 0 radical (unpaired) electrons. The summed E-state index contributed by atoms with van der Waals surface area (Å²) < 4.78 is 31.1. The largest absolute Gasteiger partial charge is 0.478 e. The van der Waals surface area contributed by atoms with Crippen LogP contribution < -0.4 is 10.6 Å². The Labute approximate surface area is 120 Å². The molecule has 0 aliphatic rings. The molecule has 0 saturated carbocycles. The van der Waals surface area contributed by atoms with E-state index in [1.54, 1.807) is 13.8 Å². The highest BCUT2D eigenvalue weighted by atomic mass is 19.2. The summed E-state index contributed by atoms with van der Waals surface area (Å²) in [4.78, 5) is 22.8. The molecule has 0 aliphatic carbocycles. The van der Waals surface area contributed by atoms with Gasteiger partial charge in [0.2, 0.25) is 0 Å². The Hall–Kier alpha value is -2.22. The molecule has 8 heteroatoms. The molecule has 21 heavy (non-hydrogen) atoms. The van der Waals surface area contributed by atoms with Crippen molar-refractivity contribution in [1.29, 1.82) is 0 Å². The zero-order valence-corrected chi connectivity index (χ0v) is 11.8. The van der Waals surface area contributed by atoms with Gasteiger partial charge in [0.05, 0.1) is 23.4 Å². The van der Waals surface area contributed by atoms with Crippen molar-refractivity contribution in [3.05, 3.63) is 29.3 Å². The molecular formula is C13H16F2N2O4. The third-order valence-electron chi connectivity index (χ3n) is 2.50. The minimum absolute atomic E-state index is 0.212. The van der Waals surface area contributed by atoms with Gasteiger partial charge in [-0.15, -0.1) is 0 Å². The van der Waals surface area contributed by atoms with Gasteiger partial charge >= 0.3 is 12.0 Å². The number of methoxy groups -OCH3 is 1. The highest BCUT2D eigenvalue weighted by Crippen LogP contribution is 2.20. The maximum Gasteiger partial charge on any atom is 0.337 e. The topological polar surface area (TPSA) is 87.7 Å². The molecule has 0 bridgehead atoms. The highest BCUT2D eigenvalue weighted by molar-refractivity contribution is 6.00. The number of rotatable bonds is 5. The van der Waals surface area contributed by atoms with Crippen molar-refractivity contribution in [2.75, 3.05) is 19.0 Å². The van der Waals surface area contributed by atoms with Crippen LogP contribution in [0.25, 0.3) is 0 Å². The number of carboxylic acid groups (broad SMARTS) is 1. The number of carbonyl (C=O) groups excluding carboxylic acids is 1. The fraction of sp³-hybridized carbons (Fsp3) is 0.385. The Morgan fingerprint density at radius 1 is 1.29 bits per heavy atom. The number of nitrogens with one attached hydrogen (secondary N) is 2. The van der Waals surface area contributed by atoms with Crippen LogP contribution in [0, 0.1) is 11.6 Å². The van der Waals surface area contributed by atoms with E-state index in [1.165, 1.54) is 7.11 Å². The van der Waals surface area contributed by atoms with Crippen LogP contribution in [0.3, 0.4) is 0 Å². The predicted octanol–water partition coefficient (Wildman–Crippen LogP) is 2.21. The van der Waals surface area contributed by atoms with E-state index in [0.29, 0.717) is 12.1 Å². The Kier molecular flexibility index (Phi) is 5.20. The molecule has 3 N–H and O–H groups in total. The minimum Gasteiger partial charge on any atom is -0.478 e. The molecule has 1 rings (SSSR count). The van der Waals surface area contributed by atoms with Crippen LogP contribution in [0.2, 0.25) is 0 Å². The zero-order chi connectivity index (χ0) is 16.2. The number of hydrogen-bond acceptors (Lipinski definition) is 3. The Bertz CT molecular complexity index is 561. The number of aromatic carboxylic acids is 1. The van der Waals surface area contributed by atoms with E-state index >= 15 is 0 Å². The van der Waals surface area contributed by atoms with Crippen molar-refractivity contribution < 1.29 is 28.2 Å². The number of carboxylic acids is 1. The lowest BCUT2D eigenvalue weighted by molar-refractivity contribution is 0.0697. The zero-order valence-electron chi connectivity index (χ0n) is 11.8. The number of amides is 2. The van der Waals surface area contributed by atoms with E-state index in [4.69, 9.17) is 9.84 Å². The monoisotopic (exact) mass is 302 g/mol. The SMILES string of the molecule is COCC(C)(C)NC(=O)Nc1cc(F)c(F)cc1C(=O)O. The molecule has 116 valence electrons. The van der Waals surface area contributed by atoms with Crippen molar-refractivity contribution in [2.45, 2.75) is 19.4 Å². The molecule has 1 aromatic rings. The molecule has 6 nitrogen and oxygen atoms in total. The van der Waals surface area contributed by atoms with Crippen molar-refractivity contribution in [1.82, 2.24) is 5.32 Å². The number of halogens is 2. The van der Waals surface area contributed by atoms with Crippen molar-refractivity contribution >= 4 is 17.7 Å². The first-order valence-electron chi connectivity index (χ1n) is 5.96. The van der Waals surface area contributed by atoms with Crippen LogP contribution in [-0.2, 0) is 4.74 Å². The standard InChI is InChI=1S/C13H16F2N2O4/c1-13(2,6-21-3)17-12(20)16-10-5-9(15)8(14)4-7(10)11(18)19/h4-5H,6H2,1-3H3,(H,18,19)(H2,16,17,20). The van der Waals surface area contributed by atoms with Gasteiger partial charge in [0, 0.05) is 13.2 Å². The first kappa shape index (κ1) is 16.8. The van der Waals surface area contributed by atoms with Crippen LogP contribution in [0.1, 0.15) is 24.2 Å².